The zero-order valence-electron chi connectivity index (χ0n) is 30.2. The highest BCUT2D eigenvalue weighted by Gasteiger charge is 2.40. The lowest BCUT2D eigenvalue weighted by molar-refractivity contribution is -0.142. The number of rotatable bonds is 14. The van der Waals surface area contributed by atoms with E-state index in [1.807, 2.05) is 40.7 Å². The maximum absolute atomic E-state index is 14.1. The van der Waals surface area contributed by atoms with Crippen molar-refractivity contribution >= 4 is 23.6 Å². The Morgan fingerprint density at radius 1 is 0.911 bits per heavy atom. The van der Waals surface area contributed by atoms with E-state index in [1.165, 1.54) is 0 Å². The molecular weight excluding hydrogens is 568 g/mol. The first-order valence-corrected chi connectivity index (χ1v) is 17.4. The first kappa shape index (κ1) is 38.7. The second-order valence-electron chi connectivity index (χ2n) is 14.7. The van der Waals surface area contributed by atoms with Crippen molar-refractivity contribution in [2.24, 2.45) is 11.3 Å². The number of hydrogen-bond acceptors (Lipinski definition) is 6. The van der Waals surface area contributed by atoms with Gasteiger partial charge in [-0.1, -0.05) is 61.0 Å². The number of nitrogens with zero attached hydrogens (tertiary/aromatic N) is 4. The molecule has 4 amide bonds. The molecule has 0 aliphatic carbocycles. The zero-order chi connectivity index (χ0) is 34.1. The van der Waals surface area contributed by atoms with Crippen LogP contribution in [0.1, 0.15) is 101 Å². The lowest BCUT2D eigenvalue weighted by Crippen LogP contribution is -2.60. The van der Waals surface area contributed by atoms with Crippen molar-refractivity contribution in [1.29, 1.82) is 0 Å². The maximum Gasteiger partial charge on any atom is 0.249 e. The van der Waals surface area contributed by atoms with E-state index >= 15 is 0 Å². The fourth-order valence-electron chi connectivity index (χ4n) is 6.67. The predicted molar refractivity (Wildman–Crippen MR) is 182 cm³/mol. The molecule has 258 valence electrons. The normalized spacial score (nSPS) is 21.3. The van der Waals surface area contributed by atoms with Crippen molar-refractivity contribution in [1.82, 2.24) is 30.2 Å². The summed E-state index contributed by atoms with van der Waals surface area (Å²) in [4.78, 5) is 62.3. The summed E-state index contributed by atoms with van der Waals surface area (Å²) in [5, 5.41) is 6.17. The molecule has 0 aromatic rings. The van der Waals surface area contributed by atoms with E-state index in [-0.39, 0.29) is 47.7 Å². The molecule has 2 heterocycles. The van der Waals surface area contributed by atoms with Crippen molar-refractivity contribution in [3.05, 3.63) is 11.6 Å². The van der Waals surface area contributed by atoms with E-state index < -0.39 is 17.5 Å². The molecular formula is C35H64N6O4. The summed E-state index contributed by atoms with van der Waals surface area (Å²) < 4.78 is 0. The Bertz CT molecular complexity index is 1030. The first-order valence-electron chi connectivity index (χ1n) is 17.4. The van der Waals surface area contributed by atoms with Gasteiger partial charge in [0, 0.05) is 38.3 Å². The third-order valence-corrected chi connectivity index (χ3v) is 9.58. The number of likely N-dealkylation sites (N-methyl/N-ethyl adjacent to an activating group) is 2. The number of carbonyl (C=O) groups is 4. The Morgan fingerprint density at radius 3 is 2.09 bits per heavy atom. The fraction of sp³-hybridized carbons (Fsp3) is 0.829. The van der Waals surface area contributed by atoms with Crippen molar-refractivity contribution in [3.63, 3.8) is 0 Å². The van der Waals surface area contributed by atoms with Gasteiger partial charge in [-0.3, -0.25) is 24.1 Å². The quantitative estimate of drug-likeness (QED) is 0.284. The van der Waals surface area contributed by atoms with Crippen LogP contribution in [-0.4, -0.2) is 120 Å². The Kier molecular flexibility index (Phi) is 15.0. The van der Waals surface area contributed by atoms with Crippen molar-refractivity contribution in [3.8, 4) is 0 Å². The van der Waals surface area contributed by atoms with Crippen LogP contribution in [0.5, 0.6) is 0 Å². The van der Waals surface area contributed by atoms with E-state index in [2.05, 4.69) is 48.1 Å². The Hall–Kier alpha value is -2.46. The SMILES string of the molecule is CCN(CC)CCNC(=O)[C@@H]1CCCN1C(=O)/C(C)=C/[C@H](C(C)C)N(C)C(=O)[C@@H](NC(=O)C1CCCCN1C(C)C)C(C)(C)C. The Morgan fingerprint density at radius 2 is 1.53 bits per heavy atom. The summed E-state index contributed by atoms with van der Waals surface area (Å²) >= 11 is 0. The van der Waals surface area contributed by atoms with Crippen molar-refractivity contribution < 1.29 is 19.2 Å². The molecule has 2 aliphatic rings. The van der Waals surface area contributed by atoms with Crippen LogP contribution >= 0.6 is 0 Å². The molecule has 2 rings (SSSR count). The Balaban J connectivity index is 2.20. The van der Waals surface area contributed by atoms with Crippen molar-refractivity contribution in [2.75, 3.05) is 46.3 Å². The van der Waals surface area contributed by atoms with Gasteiger partial charge >= 0.3 is 0 Å². The van der Waals surface area contributed by atoms with Crippen LogP contribution in [0, 0.1) is 11.3 Å². The van der Waals surface area contributed by atoms with Crippen molar-refractivity contribution in [2.45, 2.75) is 132 Å². The van der Waals surface area contributed by atoms with E-state index in [4.69, 9.17) is 0 Å². The number of likely N-dealkylation sites (tertiary alicyclic amines) is 2. The minimum Gasteiger partial charge on any atom is -0.353 e. The minimum atomic E-state index is -0.723. The molecule has 0 bridgehead atoms. The molecule has 10 heteroatoms. The summed E-state index contributed by atoms with van der Waals surface area (Å²) in [5.41, 5.74) is -0.00196. The molecule has 0 aromatic heterocycles. The number of amides is 4. The van der Waals surface area contributed by atoms with E-state index in [9.17, 15) is 19.2 Å². The molecule has 0 radical (unpaired) electrons. The zero-order valence-corrected chi connectivity index (χ0v) is 30.2. The van der Waals surface area contributed by atoms with Gasteiger partial charge in [0.1, 0.15) is 12.1 Å². The molecule has 2 fully saturated rings. The largest absolute Gasteiger partial charge is 0.353 e. The van der Waals surface area contributed by atoms with Crippen LogP contribution in [0.4, 0.5) is 0 Å². The third kappa shape index (κ3) is 10.5. The van der Waals surface area contributed by atoms with Gasteiger partial charge in [0.25, 0.3) is 0 Å². The average molecular weight is 633 g/mol. The monoisotopic (exact) mass is 632 g/mol. The maximum atomic E-state index is 14.1. The lowest BCUT2D eigenvalue weighted by atomic mass is 9.84. The molecule has 2 saturated heterocycles. The highest BCUT2D eigenvalue weighted by Crippen LogP contribution is 2.27. The van der Waals surface area contributed by atoms with Crippen LogP contribution < -0.4 is 10.6 Å². The van der Waals surface area contributed by atoms with Crippen LogP contribution in [0.15, 0.2) is 11.6 Å². The second-order valence-corrected chi connectivity index (χ2v) is 14.7. The first-order chi connectivity index (χ1) is 21.0. The summed E-state index contributed by atoms with van der Waals surface area (Å²) in [7, 11) is 1.76. The van der Waals surface area contributed by atoms with E-state index in [1.54, 1.807) is 23.8 Å². The molecule has 0 aromatic carbocycles. The van der Waals surface area contributed by atoms with Gasteiger partial charge in [-0.05, 0) is 77.4 Å². The summed E-state index contributed by atoms with van der Waals surface area (Å²) in [6.45, 7) is 24.8. The van der Waals surface area contributed by atoms with Crippen LogP contribution in [0.2, 0.25) is 0 Å². The molecule has 0 saturated carbocycles. The Labute approximate surface area is 273 Å². The summed E-state index contributed by atoms with van der Waals surface area (Å²) in [5.74, 6) is -0.528. The van der Waals surface area contributed by atoms with Gasteiger partial charge in [-0.15, -0.1) is 0 Å². The van der Waals surface area contributed by atoms with Gasteiger partial charge in [0.15, 0.2) is 0 Å². The highest BCUT2D eigenvalue weighted by molar-refractivity contribution is 5.97. The summed E-state index contributed by atoms with van der Waals surface area (Å²) in [6.07, 6.45) is 6.15. The standard InChI is InChI=1S/C35H64N6O4/c1-12-39(13-2)22-19-36-31(42)27-18-16-21-41(27)33(44)26(7)23-29(24(3)4)38(11)34(45)30(35(8,9)10)37-32(43)28-17-14-15-20-40(28)25(5)6/h23-25,27-30H,12-22H2,1-11H3,(H,36,42)(H,37,43)/b26-23+/t27-,28?,29+,30+/m0/s1. The minimum absolute atomic E-state index is 0.0190. The van der Waals surface area contributed by atoms with E-state index in [0.29, 0.717) is 25.1 Å². The van der Waals surface area contributed by atoms with Crippen LogP contribution in [-0.2, 0) is 19.2 Å². The van der Waals surface area contributed by atoms with Gasteiger partial charge in [-0.25, -0.2) is 0 Å². The molecule has 1 unspecified atom stereocenters. The van der Waals surface area contributed by atoms with Gasteiger partial charge in [0.05, 0.1) is 12.1 Å². The smallest absolute Gasteiger partial charge is 0.249 e. The van der Waals surface area contributed by atoms with Crippen LogP contribution in [0.25, 0.3) is 0 Å². The molecule has 2 aliphatic heterocycles. The van der Waals surface area contributed by atoms with Gasteiger partial charge < -0.3 is 25.3 Å². The lowest BCUT2D eigenvalue weighted by Gasteiger charge is -2.41. The van der Waals surface area contributed by atoms with E-state index in [0.717, 1.165) is 51.9 Å². The predicted octanol–water partition coefficient (Wildman–Crippen LogP) is 3.66. The summed E-state index contributed by atoms with van der Waals surface area (Å²) in [6, 6.07) is -1.57. The molecule has 10 nitrogen and oxygen atoms in total. The number of hydrogen-bond donors (Lipinski definition) is 2. The number of carbonyl (C=O) groups excluding carboxylic acids is 4. The van der Waals surface area contributed by atoms with Crippen LogP contribution in [0.3, 0.4) is 0 Å². The topological polar surface area (TPSA) is 105 Å². The molecule has 45 heavy (non-hydrogen) atoms. The molecule has 0 spiro atoms. The molecule has 2 N–H and O–H groups in total. The third-order valence-electron chi connectivity index (χ3n) is 9.58. The number of piperidine rings is 1. The van der Waals surface area contributed by atoms with Gasteiger partial charge in [-0.2, -0.15) is 0 Å². The second kappa shape index (κ2) is 17.5. The number of nitrogens with one attached hydrogen (secondary N) is 2. The average Bonchev–Trinajstić information content (AvgIpc) is 3.48. The molecule has 4 atom stereocenters. The fourth-order valence-corrected chi connectivity index (χ4v) is 6.67. The van der Waals surface area contributed by atoms with Gasteiger partial charge in [0.2, 0.25) is 23.6 Å². The highest BCUT2D eigenvalue weighted by atomic mass is 16.2.